The van der Waals surface area contributed by atoms with Crippen molar-refractivity contribution in [2.45, 2.75) is 13.5 Å². The lowest BCUT2D eigenvalue weighted by atomic mass is 10.2. The van der Waals surface area contributed by atoms with Gasteiger partial charge in [-0.3, -0.25) is 4.79 Å². The number of rotatable bonds is 6. The zero-order valence-electron chi connectivity index (χ0n) is 15.0. The van der Waals surface area contributed by atoms with E-state index in [0.29, 0.717) is 11.6 Å². The molecule has 2 N–H and O–H groups in total. The van der Waals surface area contributed by atoms with E-state index >= 15 is 0 Å². The quantitative estimate of drug-likeness (QED) is 0.697. The first kappa shape index (κ1) is 18.3. The Balaban J connectivity index is 1.69. The van der Waals surface area contributed by atoms with Gasteiger partial charge in [0.2, 0.25) is 5.95 Å². The van der Waals surface area contributed by atoms with Crippen molar-refractivity contribution in [3.05, 3.63) is 77.4 Å². The predicted molar refractivity (Wildman–Crippen MR) is 101 cm³/mol. The summed E-state index contributed by atoms with van der Waals surface area (Å²) in [6.07, 6.45) is 0. The van der Waals surface area contributed by atoms with Gasteiger partial charge in [-0.05, 0) is 55.0 Å². The van der Waals surface area contributed by atoms with E-state index in [1.54, 1.807) is 32.2 Å². The molecule has 0 spiro atoms. The molecule has 3 aromatic rings. The standard InChI is InChI=1S/C20H19FN4O2/c1-13-11-18(19(26)22-12-14-3-5-15(21)6-4-14)25-20(23-13)24-16-7-9-17(27-2)10-8-16/h3-11H,12H2,1-2H3,(H,22,26)(H,23,24,25). The van der Waals surface area contributed by atoms with Crippen molar-refractivity contribution in [3.63, 3.8) is 0 Å². The number of nitrogens with zero attached hydrogens (tertiary/aromatic N) is 2. The van der Waals surface area contributed by atoms with Crippen molar-refractivity contribution in [3.8, 4) is 5.75 Å². The zero-order chi connectivity index (χ0) is 19.2. The molecule has 0 bridgehead atoms. The molecule has 0 aliphatic heterocycles. The number of carbonyl (C=O) groups is 1. The zero-order valence-corrected chi connectivity index (χ0v) is 15.0. The third-order valence-electron chi connectivity index (χ3n) is 3.80. The Morgan fingerprint density at radius 1 is 1.07 bits per heavy atom. The smallest absolute Gasteiger partial charge is 0.270 e. The summed E-state index contributed by atoms with van der Waals surface area (Å²) in [6, 6.07) is 14.9. The summed E-state index contributed by atoms with van der Waals surface area (Å²) >= 11 is 0. The van der Waals surface area contributed by atoms with Crippen molar-refractivity contribution >= 4 is 17.5 Å². The van der Waals surface area contributed by atoms with Crippen molar-refractivity contribution < 1.29 is 13.9 Å². The van der Waals surface area contributed by atoms with Crippen molar-refractivity contribution in [2.24, 2.45) is 0 Å². The van der Waals surface area contributed by atoms with Gasteiger partial charge < -0.3 is 15.4 Å². The van der Waals surface area contributed by atoms with Gasteiger partial charge >= 0.3 is 0 Å². The Hall–Kier alpha value is -3.48. The number of aromatic nitrogens is 2. The average molecular weight is 366 g/mol. The Kier molecular flexibility index (Phi) is 5.61. The summed E-state index contributed by atoms with van der Waals surface area (Å²) in [7, 11) is 1.60. The van der Waals surface area contributed by atoms with Crippen LogP contribution in [0.1, 0.15) is 21.7 Å². The number of aryl methyl sites for hydroxylation is 1. The number of nitrogens with one attached hydrogen (secondary N) is 2. The van der Waals surface area contributed by atoms with E-state index in [4.69, 9.17) is 4.74 Å². The minimum atomic E-state index is -0.331. The second kappa shape index (κ2) is 8.27. The Morgan fingerprint density at radius 2 is 1.78 bits per heavy atom. The molecule has 0 atom stereocenters. The molecule has 138 valence electrons. The molecule has 0 aliphatic carbocycles. The molecule has 7 heteroatoms. The van der Waals surface area contributed by atoms with Crippen LogP contribution in [0.5, 0.6) is 5.75 Å². The van der Waals surface area contributed by atoms with Crippen LogP contribution in [-0.4, -0.2) is 23.0 Å². The summed E-state index contributed by atoms with van der Waals surface area (Å²) in [5.41, 5.74) is 2.49. The van der Waals surface area contributed by atoms with Gasteiger partial charge in [-0.2, -0.15) is 0 Å². The highest BCUT2D eigenvalue weighted by Gasteiger charge is 2.11. The second-order valence-corrected chi connectivity index (χ2v) is 5.88. The van der Waals surface area contributed by atoms with Crippen LogP contribution in [0.15, 0.2) is 54.6 Å². The molecule has 0 unspecified atom stereocenters. The van der Waals surface area contributed by atoms with E-state index in [2.05, 4.69) is 20.6 Å². The van der Waals surface area contributed by atoms with Crippen molar-refractivity contribution in [2.75, 3.05) is 12.4 Å². The van der Waals surface area contributed by atoms with Gasteiger partial charge in [-0.25, -0.2) is 14.4 Å². The maximum Gasteiger partial charge on any atom is 0.270 e. The summed E-state index contributed by atoms with van der Waals surface area (Å²) in [6.45, 7) is 2.07. The molecule has 3 rings (SSSR count). The van der Waals surface area contributed by atoms with Crippen LogP contribution in [0.2, 0.25) is 0 Å². The predicted octanol–water partition coefficient (Wildman–Crippen LogP) is 3.61. The molecular formula is C20H19FN4O2. The van der Waals surface area contributed by atoms with Gasteiger partial charge in [-0.15, -0.1) is 0 Å². The highest BCUT2D eigenvalue weighted by Crippen LogP contribution is 2.18. The molecule has 1 heterocycles. The normalized spacial score (nSPS) is 10.3. The van der Waals surface area contributed by atoms with Crippen molar-refractivity contribution in [1.29, 1.82) is 0 Å². The van der Waals surface area contributed by atoms with Gasteiger partial charge in [-0.1, -0.05) is 12.1 Å². The largest absolute Gasteiger partial charge is 0.497 e. The molecule has 0 radical (unpaired) electrons. The number of hydrogen-bond acceptors (Lipinski definition) is 5. The highest BCUT2D eigenvalue weighted by molar-refractivity contribution is 5.92. The van der Waals surface area contributed by atoms with Crippen LogP contribution in [0.25, 0.3) is 0 Å². The minimum Gasteiger partial charge on any atom is -0.497 e. The maximum atomic E-state index is 12.9. The van der Waals surface area contributed by atoms with Gasteiger partial charge in [0.15, 0.2) is 0 Å². The Labute approximate surface area is 156 Å². The minimum absolute atomic E-state index is 0.251. The number of carbonyl (C=O) groups excluding carboxylic acids is 1. The Morgan fingerprint density at radius 3 is 2.44 bits per heavy atom. The SMILES string of the molecule is COc1ccc(Nc2nc(C)cc(C(=O)NCc3ccc(F)cc3)n2)cc1. The number of anilines is 2. The lowest BCUT2D eigenvalue weighted by molar-refractivity contribution is 0.0945. The van der Waals surface area contributed by atoms with Crippen LogP contribution < -0.4 is 15.4 Å². The first-order chi connectivity index (χ1) is 13.0. The topological polar surface area (TPSA) is 76.1 Å². The summed E-state index contributed by atoms with van der Waals surface area (Å²) in [5, 5.41) is 5.84. The monoisotopic (exact) mass is 366 g/mol. The number of benzene rings is 2. The fraction of sp³-hybridized carbons (Fsp3) is 0.150. The molecule has 27 heavy (non-hydrogen) atoms. The number of amides is 1. The van der Waals surface area contributed by atoms with E-state index in [1.807, 2.05) is 24.3 Å². The summed E-state index contributed by atoms with van der Waals surface area (Å²) < 4.78 is 18.1. The molecule has 6 nitrogen and oxygen atoms in total. The first-order valence-corrected chi connectivity index (χ1v) is 8.33. The van der Waals surface area contributed by atoms with Crippen LogP contribution >= 0.6 is 0 Å². The fourth-order valence-electron chi connectivity index (χ4n) is 2.42. The maximum absolute atomic E-state index is 12.9. The lowest BCUT2D eigenvalue weighted by Crippen LogP contribution is -2.24. The van der Waals surface area contributed by atoms with Crippen LogP contribution in [0, 0.1) is 12.7 Å². The second-order valence-electron chi connectivity index (χ2n) is 5.88. The molecule has 0 aliphatic rings. The average Bonchev–Trinajstić information content (AvgIpc) is 2.67. The van der Waals surface area contributed by atoms with Crippen LogP contribution in [-0.2, 0) is 6.54 Å². The molecular weight excluding hydrogens is 347 g/mol. The van der Waals surface area contributed by atoms with E-state index < -0.39 is 0 Å². The molecule has 2 aromatic carbocycles. The van der Waals surface area contributed by atoms with E-state index in [-0.39, 0.29) is 24.0 Å². The van der Waals surface area contributed by atoms with Gasteiger partial charge in [0.25, 0.3) is 5.91 Å². The number of ether oxygens (including phenoxy) is 1. The number of methoxy groups -OCH3 is 1. The van der Waals surface area contributed by atoms with Crippen LogP contribution in [0.4, 0.5) is 16.0 Å². The summed E-state index contributed by atoms with van der Waals surface area (Å²) in [4.78, 5) is 21.0. The first-order valence-electron chi connectivity index (χ1n) is 8.33. The number of hydrogen-bond donors (Lipinski definition) is 2. The molecule has 0 fully saturated rings. The van der Waals surface area contributed by atoms with E-state index in [1.165, 1.54) is 12.1 Å². The van der Waals surface area contributed by atoms with Crippen LogP contribution in [0.3, 0.4) is 0 Å². The molecule has 1 amide bonds. The molecule has 0 saturated carbocycles. The Bertz CT molecular complexity index is 928. The van der Waals surface area contributed by atoms with Gasteiger partial charge in [0.05, 0.1) is 7.11 Å². The number of halogens is 1. The molecule has 1 aromatic heterocycles. The van der Waals surface area contributed by atoms with Gasteiger partial charge in [0.1, 0.15) is 17.3 Å². The van der Waals surface area contributed by atoms with E-state index in [9.17, 15) is 9.18 Å². The third kappa shape index (κ3) is 5.01. The van der Waals surface area contributed by atoms with Crippen molar-refractivity contribution in [1.82, 2.24) is 15.3 Å². The van der Waals surface area contributed by atoms with Gasteiger partial charge in [0, 0.05) is 17.9 Å². The fourth-order valence-corrected chi connectivity index (χ4v) is 2.42. The third-order valence-corrected chi connectivity index (χ3v) is 3.80. The molecule has 0 saturated heterocycles. The lowest BCUT2D eigenvalue weighted by Gasteiger charge is -2.09. The highest BCUT2D eigenvalue weighted by atomic mass is 19.1. The summed E-state index contributed by atoms with van der Waals surface area (Å²) in [5.74, 6) is 0.423. The van der Waals surface area contributed by atoms with E-state index in [0.717, 1.165) is 17.0 Å².